The minimum atomic E-state index is -0.402. The van der Waals surface area contributed by atoms with Crippen LogP contribution in [0, 0.1) is 11.3 Å². The normalized spacial score (nSPS) is 11.8. The maximum atomic E-state index is 8.71. The Balaban J connectivity index is 2.68. The van der Waals surface area contributed by atoms with E-state index in [4.69, 9.17) is 11.0 Å². The fourth-order valence-corrected chi connectivity index (χ4v) is 1.72. The smallest absolute Gasteiger partial charge is 0.0968 e. The van der Waals surface area contributed by atoms with Crippen LogP contribution in [-0.2, 0) is 12.8 Å². The third kappa shape index (κ3) is 3.88. The summed E-state index contributed by atoms with van der Waals surface area (Å²) in [6.07, 6.45) is 5.73. The van der Waals surface area contributed by atoms with Crippen LogP contribution in [0.15, 0.2) is 36.9 Å². The van der Waals surface area contributed by atoms with Gasteiger partial charge in [-0.05, 0) is 30.4 Å². The van der Waals surface area contributed by atoms with Crippen molar-refractivity contribution in [2.75, 3.05) is 0 Å². The van der Waals surface area contributed by atoms with E-state index in [1.807, 2.05) is 18.2 Å². The van der Waals surface area contributed by atoms with Gasteiger partial charge in [-0.2, -0.15) is 5.26 Å². The molecule has 0 heterocycles. The molecule has 16 heavy (non-hydrogen) atoms. The van der Waals surface area contributed by atoms with Crippen molar-refractivity contribution in [2.45, 2.75) is 31.7 Å². The summed E-state index contributed by atoms with van der Waals surface area (Å²) in [6.45, 7) is 3.71. The zero-order valence-corrected chi connectivity index (χ0v) is 9.52. The number of allylic oxidation sites excluding steroid dienone is 1. The zero-order valence-electron chi connectivity index (χ0n) is 9.52. The molecule has 1 aromatic carbocycles. The molecule has 1 rings (SSSR count). The number of hydrogen-bond donors (Lipinski definition) is 1. The molecule has 2 heteroatoms. The highest BCUT2D eigenvalue weighted by molar-refractivity contribution is 5.28. The maximum absolute atomic E-state index is 8.71. The van der Waals surface area contributed by atoms with Crippen LogP contribution in [0.2, 0.25) is 0 Å². The van der Waals surface area contributed by atoms with Crippen molar-refractivity contribution in [3.05, 3.63) is 48.0 Å². The molecule has 0 fully saturated rings. The van der Waals surface area contributed by atoms with Crippen molar-refractivity contribution in [1.82, 2.24) is 0 Å². The second kappa shape index (κ2) is 6.81. The van der Waals surface area contributed by atoms with E-state index >= 15 is 0 Å². The average Bonchev–Trinajstić information content (AvgIpc) is 2.31. The lowest BCUT2D eigenvalue weighted by Gasteiger charge is -2.09. The van der Waals surface area contributed by atoms with Crippen molar-refractivity contribution in [3.8, 4) is 6.07 Å². The molecule has 0 spiro atoms. The van der Waals surface area contributed by atoms with E-state index in [1.165, 1.54) is 11.1 Å². The van der Waals surface area contributed by atoms with Gasteiger partial charge in [-0.1, -0.05) is 30.3 Å². The summed E-state index contributed by atoms with van der Waals surface area (Å²) >= 11 is 0. The monoisotopic (exact) mass is 214 g/mol. The highest BCUT2D eigenvalue weighted by Gasteiger charge is 2.06. The summed E-state index contributed by atoms with van der Waals surface area (Å²) in [4.78, 5) is 0. The van der Waals surface area contributed by atoms with Crippen molar-refractivity contribution in [1.29, 1.82) is 5.26 Å². The lowest BCUT2D eigenvalue weighted by molar-refractivity contribution is 0.787. The Kier molecular flexibility index (Phi) is 5.31. The fraction of sp³-hybridized carbons (Fsp3) is 0.357. The summed E-state index contributed by atoms with van der Waals surface area (Å²) < 4.78 is 0. The highest BCUT2D eigenvalue weighted by atomic mass is 14.6. The third-order valence-corrected chi connectivity index (χ3v) is 2.58. The second-order valence-electron chi connectivity index (χ2n) is 3.89. The van der Waals surface area contributed by atoms with Gasteiger partial charge in [0, 0.05) is 6.42 Å². The van der Waals surface area contributed by atoms with Crippen LogP contribution in [0.5, 0.6) is 0 Å². The van der Waals surface area contributed by atoms with Gasteiger partial charge >= 0.3 is 0 Å². The number of unbranched alkanes of at least 4 members (excludes halogenated alkanes) is 1. The van der Waals surface area contributed by atoms with Crippen molar-refractivity contribution in [3.63, 3.8) is 0 Å². The summed E-state index contributed by atoms with van der Waals surface area (Å²) in [6, 6.07) is 9.87. The Morgan fingerprint density at radius 2 is 2.06 bits per heavy atom. The predicted octanol–water partition coefficient (Wildman–Crippen LogP) is 2.59. The molecular formula is C14H18N2. The van der Waals surface area contributed by atoms with E-state index in [9.17, 15) is 0 Å². The van der Waals surface area contributed by atoms with Gasteiger partial charge in [0.25, 0.3) is 0 Å². The van der Waals surface area contributed by atoms with E-state index in [2.05, 4.69) is 24.8 Å². The van der Waals surface area contributed by atoms with E-state index in [1.54, 1.807) is 0 Å². The first-order valence-corrected chi connectivity index (χ1v) is 5.60. The molecule has 2 nitrogen and oxygen atoms in total. The van der Waals surface area contributed by atoms with Crippen LogP contribution in [0.4, 0.5) is 0 Å². The van der Waals surface area contributed by atoms with Crippen LogP contribution in [-0.4, -0.2) is 6.04 Å². The molecule has 1 unspecified atom stereocenters. The van der Waals surface area contributed by atoms with Crippen molar-refractivity contribution >= 4 is 0 Å². The number of hydrogen-bond acceptors (Lipinski definition) is 2. The van der Waals surface area contributed by atoms with Gasteiger partial charge in [0.1, 0.15) is 0 Å². The first-order chi connectivity index (χ1) is 7.77. The Labute approximate surface area is 97.4 Å². The van der Waals surface area contributed by atoms with Gasteiger partial charge in [0.15, 0.2) is 0 Å². The molecule has 2 N–H and O–H groups in total. The summed E-state index contributed by atoms with van der Waals surface area (Å²) in [5.74, 6) is 0. The topological polar surface area (TPSA) is 49.8 Å². The summed E-state index contributed by atoms with van der Waals surface area (Å²) in [5, 5.41) is 8.71. The van der Waals surface area contributed by atoms with Crippen molar-refractivity contribution in [2.24, 2.45) is 5.73 Å². The fourth-order valence-electron chi connectivity index (χ4n) is 1.72. The number of aryl methyl sites for hydroxylation is 1. The van der Waals surface area contributed by atoms with Crippen LogP contribution in [0.1, 0.15) is 24.0 Å². The third-order valence-electron chi connectivity index (χ3n) is 2.58. The Morgan fingerprint density at radius 1 is 1.38 bits per heavy atom. The molecule has 0 aromatic heterocycles. The molecule has 0 aliphatic carbocycles. The molecule has 1 aromatic rings. The van der Waals surface area contributed by atoms with Crippen LogP contribution < -0.4 is 5.73 Å². The maximum Gasteiger partial charge on any atom is 0.0968 e. The average molecular weight is 214 g/mol. The Bertz CT molecular complexity index is 377. The lowest BCUT2D eigenvalue weighted by Crippen LogP contribution is -2.20. The molecule has 0 amide bonds. The predicted molar refractivity (Wildman–Crippen MR) is 66.9 cm³/mol. The molecule has 0 saturated heterocycles. The minimum absolute atomic E-state index is 0.402. The van der Waals surface area contributed by atoms with Crippen LogP contribution in [0.25, 0.3) is 0 Å². The Morgan fingerprint density at radius 3 is 2.69 bits per heavy atom. The van der Waals surface area contributed by atoms with E-state index < -0.39 is 6.04 Å². The quantitative estimate of drug-likeness (QED) is 0.584. The minimum Gasteiger partial charge on any atom is -0.316 e. The summed E-state index contributed by atoms with van der Waals surface area (Å²) in [5.41, 5.74) is 8.15. The van der Waals surface area contributed by atoms with Gasteiger partial charge in [-0.15, -0.1) is 6.58 Å². The van der Waals surface area contributed by atoms with E-state index in [-0.39, 0.29) is 0 Å². The van der Waals surface area contributed by atoms with Gasteiger partial charge < -0.3 is 5.73 Å². The van der Waals surface area contributed by atoms with Gasteiger partial charge in [-0.25, -0.2) is 0 Å². The first-order valence-electron chi connectivity index (χ1n) is 5.60. The standard InChI is InChI=1S/C14H18N2/c1-2-3-4-7-12-8-5-6-9-13(12)10-14(16)11-15/h2,5-6,8-9,14H,1,3-4,7,10,16H2. The number of nitriles is 1. The Hall–Kier alpha value is -1.59. The SMILES string of the molecule is C=CCCCc1ccccc1CC(N)C#N. The molecule has 0 aliphatic rings. The molecular weight excluding hydrogens is 196 g/mol. The van der Waals surface area contributed by atoms with E-state index in [0.29, 0.717) is 6.42 Å². The molecule has 0 aliphatic heterocycles. The summed E-state index contributed by atoms with van der Waals surface area (Å²) in [7, 11) is 0. The molecule has 84 valence electrons. The van der Waals surface area contributed by atoms with Crippen LogP contribution in [0.3, 0.4) is 0 Å². The molecule has 0 saturated carbocycles. The van der Waals surface area contributed by atoms with Crippen LogP contribution >= 0.6 is 0 Å². The lowest BCUT2D eigenvalue weighted by atomic mass is 9.97. The highest BCUT2D eigenvalue weighted by Crippen LogP contribution is 2.13. The molecule has 0 bridgehead atoms. The number of nitrogens with zero attached hydrogens (tertiary/aromatic N) is 1. The number of benzene rings is 1. The largest absolute Gasteiger partial charge is 0.316 e. The molecule has 0 radical (unpaired) electrons. The second-order valence-corrected chi connectivity index (χ2v) is 3.89. The number of nitrogens with two attached hydrogens (primary N) is 1. The van der Waals surface area contributed by atoms with Gasteiger partial charge in [0.2, 0.25) is 0 Å². The first kappa shape index (κ1) is 12.5. The van der Waals surface area contributed by atoms with Gasteiger partial charge in [0.05, 0.1) is 12.1 Å². The zero-order chi connectivity index (χ0) is 11.8. The number of rotatable bonds is 6. The van der Waals surface area contributed by atoms with Crippen molar-refractivity contribution < 1.29 is 0 Å². The van der Waals surface area contributed by atoms with E-state index in [0.717, 1.165) is 19.3 Å². The molecule has 1 atom stereocenters. The van der Waals surface area contributed by atoms with Gasteiger partial charge in [-0.3, -0.25) is 0 Å².